The van der Waals surface area contributed by atoms with E-state index >= 15 is 4.39 Å². The number of amides is 5. The van der Waals surface area contributed by atoms with E-state index in [1.54, 1.807) is 117 Å². The summed E-state index contributed by atoms with van der Waals surface area (Å²) in [6, 6.07) is 9.47. The van der Waals surface area contributed by atoms with Crippen LogP contribution in [0.25, 0.3) is 11.1 Å². The second kappa shape index (κ2) is 20.4. The lowest BCUT2D eigenvalue weighted by Crippen LogP contribution is -2.48. The van der Waals surface area contributed by atoms with Gasteiger partial charge in [-0.25, -0.2) is 23.6 Å². The molecule has 3 N–H and O–H groups in total. The van der Waals surface area contributed by atoms with Gasteiger partial charge < -0.3 is 38.8 Å². The van der Waals surface area contributed by atoms with Crippen molar-refractivity contribution in [3.8, 4) is 5.75 Å². The molecule has 64 heavy (non-hydrogen) atoms. The molecule has 0 bridgehead atoms. The third kappa shape index (κ3) is 16.0. The van der Waals surface area contributed by atoms with Gasteiger partial charge in [-0.05, 0) is 137 Å². The standard InChI is InChI=1S/C46H62FN7O10/c1-43(2,3)61-39(56)49-37(50-40(57)62-44(4,5)6)53-22-18-28(19-23-53)30-14-16-33(34(47)26-30)36(55)48-31-15-17-32(35(27-31)60-13)29-20-24-54(25-21-29)38(51-41(58)63-45(7,8)9)52-42(59)64-46(10,11)12/h14-18,20,26-27H,19,21-25H2,1-13H3,(H,48,55)(H,49,50,56,57)(H,51,52,58,59). The van der Waals surface area contributed by atoms with Gasteiger partial charge in [0.2, 0.25) is 11.9 Å². The van der Waals surface area contributed by atoms with Crippen LogP contribution in [0.5, 0.6) is 5.75 Å². The number of benzene rings is 2. The summed E-state index contributed by atoms with van der Waals surface area (Å²) < 4.78 is 42.8. The second-order valence-corrected chi connectivity index (χ2v) is 19.0. The van der Waals surface area contributed by atoms with Crippen molar-refractivity contribution in [1.29, 1.82) is 0 Å². The summed E-state index contributed by atoms with van der Waals surface area (Å²) in [5, 5.41) is 7.89. The van der Waals surface area contributed by atoms with Crippen molar-refractivity contribution in [2.45, 2.75) is 118 Å². The molecule has 17 nitrogen and oxygen atoms in total. The normalized spacial score (nSPS) is 15.3. The molecule has 0 aliphatic carbocycles. The maximum Gasteiger partial charge on any atom is 0.437 e. The number of carbonyl (C=O) groups excluding carboxylic acids is 5. The summed E-state index contributed by atoms with van der Waals surface area (Å²) in [5.41, 5.74) is 0.0454. The van der Waals surface area contributed by atoms with Gasteiger partial charge in [-0.15, -0.1) is 9.98 Å². The van der Waals surface area contributed by atoms with E-state index in [0.29, 0.717) is 42.9 Å². The number of methoxy groups -OCH3 is 1. The Labute approximate surface area is 374 Å². The van der Waals surface area contributed by atoms with E-state index in [-0.39, 0.29) is 30.6 Å². The molecule has 2 aromatic carbocycles. The van der Waals surface area contributed by atoms with Crippen molar-refractivity contribution in [2.24, 2.45) is 9.98 Å². The first-order valence-electron chi connectivity index (χ1n) is 20.9. The van der Waals surface area contributed by atoms with Crippen LogP contribution in [-0.2, 0) is 18.9 Å². The third-order valence-electron chi connectivity index (χ3n) is 8.81. The molecule has 4 rings (SSSR count). The lowest BCUT2D eigenvalue weighted by atomic mass is 9.97. The molecule has 348 valence electrons. The number of carbonyl (C=O) groups is 5. The minimum absolute atomic E-state index is 0.0170. The number of hydrogen-bond acceptors (Lipinski definition) is 10. The Bertz CT molecular complexity index is 2220. The van der Waals surface area contributed by atoms with Crippen molar-refractivity contribution in [3.63, 3.8) is 0 Å². The molecular weight excluding hydrogens is 830 g/mol. The van der Waals surface area contributed by atoms with Gasteiger partial charge in [-0.1, -0.05) is 18.2 Å². The van der Waals surface area contributed by atoms with Crippen LogP contribution in [0.2, 0.25) is 0 Å². The predicted octanol–water partition coefficient (Wildman–Crippen LogP) is 8.90. The molecule has 0 unspecified atom stereocenters. The first kappa shape index (κ1) is 50.2. The SMILES string of the molecule is COc1cc(NC(=O)c2ccc(C3=CCN(C(=NC(=O)OC(C)(C)C)NC(=O)OC(C)(C)C)CC3)cc2F)ccc1C1=CCN(C(=NC(=O)OC(C)(C)C)NC(=O)OC(C)(C)C)CC1. The Kier molecular flexibility index (Phi) is 16.0. The number of anilines is 1. The van der Waals surface area contributed by atoms with Crippen LogP contribution in [0.4, 0.5) is 29.3 Å². The average Bonchev–Trinajstić information content (AvgIpc) is 3.14. The highest BCUT2D eigenvalue weighted by Gasteiger charge is 2.28. The number of alkyl carbamates (subject to hydrolysis) is 2. The van der Waals surface area contributed by atoms with E-state index in [9.17, 15) is 24.0 Å². The van der Waals surface area contributed by atoms with Gasteiger partial charge in [-0.2, -0.15) is 0 Å². The fourth-order valence-corrected chi connectivity index (χ4v) is 6.25. The van der Waals surface area contributed by atoms with Gasteiger partial charge in [0.15, 0.2) is 0 Å². The summed E-state index contributed by atoms with van der Waals surface area (Å²) in [6.07, 6.45) is 1.29. The highest BCUT2D eigenvalue weighted by atomic mass is 19.1. The molecular formula is C46H62FN7O10. The average molecular weight is 892 g/mol. The minimum atomic E-state index is -0.886. The number of rotatable bonds is 5. The van der Waals surface area contributed by atoms with Crippen LogP contribution in [0.1, 0.15) is 117 Å². The zero-order chi connectivity index (χ0) is 47.8. The summed E-state index contributed by atoms with van der Waals surface area (Å²) >= 11 is 0. The number of hydrogen-bond donors (Lipinski definition) is 3. The first-order chi connectivity index (χ1) is 29.6. The van der Waals surface area contributed by atoms with Crippen LogP contribution >= 0.6 is 0 Å². The third-order valence-corrected chi connectivity index (χ3v) is 8.81. The number of nitrogens with zero attached hydrogens (tertiary/aromatic N) is 4. The zero-order valence-corrected chi connectivity index (χ0v) is 39.1. The van der Waals surface area contributed by atoms with Gasteiger partial charge in [0.1, 0.15) is 34.0 Å². The Hall–Kier alpha value is -6.46. The van der Waals surface area contributed by atoms with E-state index in [0.717, 1.165) is 16.7 Å². The fraction of sp³-hybridized carbons (Fsp3) is 0.500. The number of ether oxygens (including phenoxy) is 5. The Morgan fingerprint density at radius 1 is 0.625 bits per heavy atom. The second-order valence-electron chi connectivity index (χ2n) is 19.0. The summed E-state index contributed by atoms with van der Waals surface area (Å²) in [4.78, 5) is 75.3. The van der Waals surface area contributed by atoms with Gasteiger partial charge in [-0.3, -0.25) is 15.4 Å². The minimum Gasteiger partial charge on any atom is -0.496 e. The lowest BCUT2D eigenvalue weighted by molar-refractivity contribution is 0.0536. The molecule has 0 aromatic heterocycles. The van der Waals surface area contributed by atoms with Gasteiger partial charge in [0.25, 0.3) is 5.91 Å². The highest BCUT2D eigenvalue weighted by Crippen LogP contribution is 2.33. The molecule has 2 aliphatic rings. The molecule has 18 heteroatoms. The molecule has 0 atom stereocenters. The van der Waals surface area contributed by atoms with Crippen LogP contribution in [0, 0.1) is 5.82 Å². The highest BCUT2D eigenvalue weighted by molar-refractivity contribution is 6.05. The molecule has 5 amide bonds. The van der Waals surface area contributed by atoms with Crippen molar-refractivity contribution in [2.75, 3.05) is 38.6 Å². The smallest absolute Gasteiger partial charge is 0.437 e. The fourth-order valence-electron chi connectivity index (χ4n) is 6.25. The van der Waals surface area contributed by atoms with Crippen LogP contribution in [0.3, 0.4) is 0 Å². The first-order valence-corrected chi connectivity index (χ1v) is 20.9. The quantitative estimate of drug-likeness (QED) is 0.147. The monoisotopic (exact) mass is 891 g/mol. The topological polar surface area (TPSA) is 199 Å². The van der Waals surface area contributed by atoms with E-state index in [1.807, 2.05) is 12.2 Å². The maximum absolute atomic E-state index is 15.6. The number of nitrogens with one attached hydrogen (secondary N) is 3. The summed E-state index contributed by atoms with van der Waals surface area (Å²) in [5.74, 6) is -0.999. The maximum atomic E-state index is 15.6. The molecule has 0 saturated carbocycles. The molecule has 2 aliphatic heterocycles. The number of halogens is 1. The molecule has 2 heterocycles. The molecule has 0 fully saturated rings. The van der Waals surface area contributed by atoms with Gasteiger partial charge in [0.05, 0.1) is 12.7 Å². The zero-order valence-electron chi connectivity index (χ0n) is 39.1. The Morgan fingerprint density at radius 3 is 1.50 bits per heavy atom. The molecule has 0 radical (unpaired) electrons. The number of aliphatic imine (C=N–C) groups is 2. The van der Waals surface area contributed by atoms with E-state index in [4.69, 9.17) is 23.7 Å². The van der Waals surface area contributed by atoms with Crippen molar-refractivity contribution < 1.29 is 52.0 Å². The van der Waals surface area contributed by atoms with Crippen molar-refractivity contribution >= 4 is 59.0 Å². The summed E-state index contributed by atoms with van der Waals surface area (Å²) in [6.45, 7) is 21.7. The molecule has 0 spiro atoms. The van der Waals surface area contributed by atoms with Gasteiger partial charge in [0, 0.05) is 43.5 Å². The van der Waals surface area contributed by atoms with Crippen LogP contribution < -0.4 is 20.7 Å². The van der Waals surface area contributed by atoms with Crippen LogP contribution in [-0.4, -0.2) is 108 Å². The lowest BCUT2D eigenvalue weighted by Gasteiger charge is -2.30. The van der Waals surface area contributed by atoms with Crippen molar-refractivity contribution in [3.05, 3.63) is 71.1 Å². The van der Waals surface area contributed by atoms with Crippen LogP contribution in [0.15, 0.2) is 58.5 Å². The largest absolute Gasteiger partial charge is 0.496 e. The number of guanidine groups is 2. The van der Waals surface area contributed by atoms with E-state index in [2.05, 4.69) is 25.9 Å². The van der Waals surface area contributed by atoms with E-state index < -0.39 is 58.5 Å². The van der Waals surface area contributed by atoms with Crippen molar-refractivity contribution in [1.82, 2.24) is 20.4 Å². The Balaban J connectivity index is 1.46. The van der Waals surface area contributed by atoms with E-state index in [1.165, 1.54) is 19.2 Å². The predicted molar refractivity (Wildman–Crippen MR) is 242 cm³/mol. The molecule has 0 saturated heterocycles. The molecule has 2 aromatic rings. The van der Waals surface area contributed by atoms with Gasteiger partial charge >= 0.3 is 24.4 Å². The summed E-state index contributed by atoms with van der Waals surface area (Å²) in [7, 11) is 1.50. The Morgan fingerprint density at radius 2 is 1.09 bits per heavy atom.